The van der Waals surface area contributed by atoms with Crippen molar-refractivity contribution in [3.63, 3.8) is 0 Å². The zero-order valence-electron chi connectivity index (χ0n) is 11.3. The Morgan fingerprint density at radius 2 is 1.76 bits per heavy atom. The molecule has 0 fully saturated rings. The van der Waals surface area contributed by atoms with Gasteiger partial charge >= 0.3 is 0 Å². The zero-order chi connectivity index (χ0) is 15.1. The van der Waals surface area contributed by atoms with E-state index in [0.717, 1.165) is 16.5 Å². The van der Waals surface area contributed by atoms with Gasteiger partial charge in [0, 0.05) is 17.0 Å². The van der Waals surface area contributed by atoms with E-state index in [1.54, 1.807) is 24.3 Å². The van der Waals surface area contributed by atoms with Gasteiger partial charge in [-0.05, 0) is 41.8 Å². The third-order valence-corrected chi connectivity index (χ3v) is 4.17. The van der Waals surface area contributed by atoms with Crippen molar-refractivity contribution in [1.29, 1.82) is 0 Å². The van der Waals surface area contributed by atoms with E-state index >= 15 is 0 Å². The van der Waals surface area contributed by atoms with Crippen LogP contribution in [0.3, 0.4) is 0 Å². The maximum absolute atomic E-state index is 11.8. The highest BCUT2D eigenvalue weighted by Gasteiger charge is 2.04. The first-order valence-corrected chi connectivity index (χ1v) is 8.36. The van der Waals surface area contributed by atoms with Crippen molar-refractivity contribution in [3.8, 4) is 0 Å². The molecule has 0 aliphatic rings. The van der Waals surface area contributed by atoms with Crippen molar-refractivity contribution in [1.82, 2.24) is 4.72 Å². The summed E-state index contributed by atoms with van der Waals surface area (Å²) in [4.78, 5) is 0. The number of sulfonamides is 1. The number of nitrogens with one attached hydrogen (secondary N) is 1. The average Bonchev–Trinajstić information content (AvgIpc) is 2.48. The molecule has 2 aromatic carbocycles. The van der Waals surface area contributed by atoms with Crippen molar-refractivity contribution >= 4 is 27.7 Å². The minimum Gasteiger partial charge on any atom is -0.211 e. The van der Waals surface area contributed by atoms with Gasteiger partial charge in [-0.15, -0.1) is 0 Å². The Hall–Kier alpha value is -1.62. The largest absolute Gasteiger partial charge is 0.233 e. The van der Waals surface area contributed by atoms with Crippen LogP contribution >= 0.6 is 11.6 Å². The molecule has 0 aliphatic carbocycles. The van der Waals surface area contributed by atoms with Crippen LogP contribution in [0.4, 0.5) is 0 Å². The fourth-order valence-corrected chi connectivity index (χ4v) is 2.66. The highest BCUT2D eigenvalue weighted by atomic mass is 35.5. The van der Waals surface area contributed by atoms with Crippen LogP contribution in [0.1, 0.15) is 11.1 Å². The van der Waals surface area contributed by atoms with E-state index in [4.69, 9.17) is 11.6 Å². The molecule has 0 spiro atoms. The first-order valence-electron chi connectivity index (χ1n) is 6.43. The predicted molar refractivity (Wildman–Crippen MR) is 86.4 cm³/mol. The molecule has 0 amide bonds. The molecule has 109 valence electrons. The first kappa shape index (κ1) is 15.8. The van der Waals surface area contributed by atoms with E-state index in [2.05, 4.69) is 10.8 Å². The van der Waals surface area contributed by atoms with Gasteiger partial charge in [0.1, 0.15) is 0 Å². The van der Waals surface area contributed by atoms with Crippen molar-refractivity contribution < 1.29 is 8.42 Å². The van der Waals surface area contributed by atoms with Gasteiger partial charge in [-0.2, -0.15) is 0 Å². The van der Waals surface area contributed by atoms with Crippen LogP contribution < -0.4 is 4.72 Å². The van der Waals surface area contributed by atoms with Gasteiger partial charge in [0.2, 0.25) is 10.0 Å². The summed E-state index contributed by atoms with van der Waals surface area (Å²) in [5.41, 5.74) is 1.85. The number of rotatable bonds is 6. The van der Waals surface area contributed by atoms with Crippen LogP contribution in [0.15, 0.2) is 53.9 Å². The minimum absolute atomic E-state index is 0.358. The monoisotopic (exact) mass is 320 g/mol. The second-order valence-electron chi connectivity index (χ2n) is 4.45. The molecule has 0 aliphatic heterocycles. The van der Waals surface area contributed by atoms with Gasteiger partial charge in [-0.1, -0.05) is 48.0 Å². The summed E-state index contributed by atoms with van der Waals surface area (Å²) in [5.74, 6) is 0. The van der Waals surface area contributed by atoms with Crippen molar-refractivity contribution in [2.75, 3.05) is 6.54 Å². The van der Waals surface area contributed by atoms with Gasteiger partial charge in [-0.3, -0.25) is 0 Å². The molecule has 1 N–H and O–H groups in total. The quantitative estimate of drug-likeness (QED) is 0.888. The van der Waals surface area contributed by atoms with Crippen LogP contribution in [-0.2, 0) is 16.4 Å². The molecular weight excluding hydrogens is 306 g/mol. The number of benzene rings is 2. The normalized spacial score (nSPS) is 11.9. The van der Waals surface area contributed by atoms with E-state index < -0.39 is 10.0 Å². The summed E-state index contributed by atoms with van der Waals surface area (Å²) in [6, 6.07) is 17.3. The Morgan fingerprint density at radius 3 is 2.43 bits per heavy atom. The van der Waals surface area contributed by atoms with Crippen LogP contribution in [0.5, 0.6) is 0 Å². The predicted octanol–water partition coefficient (Wildman–Crippen LogP) is 3.27. The minimum atomic E-state index is -3.43. The van der Waals surface area contributed by atoms with E-state index in [0.29, 0.717) is 18.0 Å². The molecule has 0 aromatic heterocycles. The molecule has 0 unspecified atom stereocenters. The smallest absolute Gasteiger partial charge is 0.211 e. The first-order chi connectivity index (χ1) is 10.1. The number of hydrogen-bond donors (Lipinski definition) is 1. The van der Waals surface area contributed by atoms with Gasteiger partial charge < -0.3 is 0 Å². The van der Waals surface area contributed by atoms with Gasteiger partial charge in [0.05, 0.1) is 0 Å². The lowest BCUT2D eigenvalue weighted by Crippen LogP contribution is -2.23. The Bertz CT molecular complexity index is 695. The molecule has 3 nitrogen and oxygen atoms in total. The van der Waals surface area contributed by atoms with Crippen molar-refractivity contribution in [3.05, 3.63) is 76.2 Å². The fraction of sp³-hybridized carbons (Fsp3) is 0.125. The Morgan fingerprint density at radius 1 is 1.10 bits per heavy atom. The molecule has 0 atom stereocenters. The highest BCUT2D eigenvalue weighted by Crippen LogP contribution is 2.11. The molecule has 21 heavy (non-hydrogen) atoms. The summed E-state index contributed by atoms with van der Waals surface area (Å²) in [7, 11) is -3.43. The molecule has 0 bridgehead atoms. The summed E-state index contributed by atoms with van der Waals surface area (Å²) in [6.45, 7) is 0.358. The number of hydrogen-bond acceptors (Lipinski definition) is 2. The molecule has 2 rings (SSSR count). The molecule has 1 radical (unpaired) electrons. The summed E-state index contributed by atoms with van der Waals surface area (Å²) >= 11 is 5.77. The Balaban J connectivity index is 1.88. The van der Waals surface area contributed by atoms with Crippen LogP contribution in [-0.4, -0.2) is 15.0 Å². The average molecular weight is 321 g/mol. The summed E-state index contributed by atoms with van der Waals surface area (Å²) in [5, 5.41) is 1.78. The van der Waals surface area contributed by atoms with E-state index in [-0.39, 0.29) is 0 Å². The second kappa shape index (κ2) is 7.41. The standard InChI is InChI=1S/C16H15ClNO2S/c17-16-8-6-15(7-9-16)11-13-21(19,20)18-12-10-14-4-2-1-3-5-14/h2-9,11,13,18H,10,12H2/b13-11+. The maximum atomic E-state index is 11.8. The molecule has 5 heteroatoms. The maximum Gasteiger partial charge on any atom is 0.233 e. The van der Waals surface area contributed by atoms with Crippen molar-refractivity contribution in [2.24, 2.45) is 0 Å². The molecular formula is C16H15ClNO2S. The Labute approximate surface area is 130 Å². The zero-order valence-corrected chi connectivity index (χ0v) is 12.9. The third-order valence-electron chi connectivity index (χ3n) is 2.81. The van der Waals surface area contributed by atoms with Crippen LogP contribution in [0.2, 0.25) is 5.02 Å². The molecule has 0 heterocycles. The number of halogens is 1. The molecule has 2 aromatic rings. The fourth-order valence-electron chi connectivity index (χ4n) is 1.72. The van der Waals surface area contributed by atoms with E-state index in [9.17, 15) is 8.42 Å². The van der Waals surface area contributed by atoms with Gasteiger partial charge in [-0.25, -0.2) is 13.1 Å². The summed E-state index contributed by atoms with van der Waals surface area (Å²) < 4.78 is 26.2. The van der Waals surface area contributed by atoms with Gasteiger partial charge in [0.15, 0.2) is 0 Å². The van der Waals surface area contributed by atoms with Gasteiger partial charge in [0.25, 0.3) is 0 Å². The molecule has 0 saturated carbocycles. The lowest BCUT2D eigenvalue weighted by Gasteiger charge is -2.03. The Kier molecular flexibility index (Phi) is 5.56. The highest BCUT2D eigenvalue weighted by molar-refractivity contribution is 7.92. The SMILES string of the molecule is O=S(=O)(/C=C/c1ccc(Cl)cc1)NCCc1cc[c]cc1. The van der Waals surface area contributed by atoms with Crippen LogP contribution in [0, 0.1) is 6.07 Å². The molecule has 0 saturated heterocycles. The second-order valence-corrected chi connectivity index (χ2v) is 6.54. The van der Waals surface area contributed by atoms with Crippen molar-refractivity contribution in [2.45, 2.75) is 6.42 Å². The van der Waals surface area contributed by atoms with E-state index in [1.807, 2.05) is 24.3 Å². The third kappa shape index (κ3) is 5.71. The van der Waals surface area contributed by atoms with E-state index in [1.165, 1.54) is 6.08 Å². The summed E-state index contributed by atoms with van der Waals surface area (Å²) in [6.07, 6.45) is 2.18. The van der Waals surface area contributed by atoms with Crippen LogP contribution in [0.25, 0.3) is 6.08 Å². The lowest BCUT2D eigenvalue weighted by molar-refractivity contribution is 0.591. The lowest BCUT2D eigenvalue weighted by atomic mass is 10.2. The topological polar surface area (TPSA) is 46.2 Å².